The molecule has 0 radical (unpaired) electrons. The molecule has 1 fully saturated rings. The second-order valence-electron chi connectivity index (χ2n) is 12.7. The number of likely N-dealkylation sites (tertiary alicyclic amines) is 1. The fourth-order valence-corrected chi connectivity index (χ4v) is 5.84. The molecule has 0 spiro atoms. The van der Waals surface area contributed by atoms with Crippen molar-refractivity contribution in [2.75, 3.05) is 30.7 Å². The third-order valence-electron chi connectivity index (χ3n) is 8.64. The Labute approximate surface area is 327 Å². The molecule has 1 aliphatic rings. The van der Waals surface area contributed by atoms with E-state index in [9.17, 15) is 31.1 Å². The molecule has 3 heterocycles. The number of anilines is 2. The number of aliphatic carboxylic acids is 2. The number of rotatable bonds is 10. The predicted molar refractivity (Wildman–Crippen MR) is 199 cm³/mol. The molecule has 1 atom stereocenters. The van der Waals surface area contributed by atoms with Gasteiger partial charge in [-0.2, -0.15) is 26.3 Å². The van der Waals surface area contributed by atoms with Crippen molar-refractivity contribution >= 4 is 40.1 Å². The van der Waals surface area contributed by atoms with E-state index in [4.69, 9.17) is 35.3 Å². The summed E-state index contributed by atoms with van der Waals surface area (Å²) in [6.07, 6.45) is -3.91. The van der Waals surface area contributed by atoms with E-state index < -0.39 is 36.2 Å². The first-order valence-corrected chi connectivity index (χ1v) is 17.7. The Morgan fingerprint density at radius 3 is 2.10 bits per heavy atom. The van der Waals surface area contributed by atoms with E-state index in [1.165, 1.54) is 0 Å². The van der Waals surface area contributed by atoms with Crippen LogP contribution in [0.15, 0.2) is 79.1 Å². The number of carbonyl (C=O) groups is 3. The normalized spacial score (nSPS) is 13.2. The van der Waals surface area contributed by atoms with E-state index in [-0.39, 0.29) is 18.2 Å². The van der Waals surface area contributed by atoms with Gasteiger partial charge in [-0.05, 0) is 67.5 Å². The van der Waals surface area contributed by atoms with Gasteiger partial charge in [-0.3, -0.25) is 4.79 Å². The second kappa shape index (κ2) is 19.2. The highest BCUT2D eigenvalue weighted by molar-refractivity contribution is 5.93. The summed E-state index contributed by atoms with van der Waals surface area (Å²) in [7, 11) is 0. The fraction of sp³-hybridized carbons (Fsp3) is 0.308. The molecule has 58 heavy (non-hydrogen) atoms. The van der Waals surface area contributed by atoms with Crippen LogP contribution in [-0.2, 0) is 27.3 Å². The van der Waals surface area contributed by atoms with Crippen LogP contribution in [0.3, 0.4) is 0 Å². The summed E-state index contributed by atoms with van der Waals surface area (Å²) in [5.41, 5.74) is 9.80. The second-order valence-corrected chi connectivity index (χ2v) is 12.7. The van der Waals surface area contributed by atoms with Crippen molar-refractivity contribution in [3.05, 3.63) is 102 Å². The molecule has 0 saturated carbocycles. The number of carbonyl (C=O) groups excluding carboxylic acids is 1. The number of hydrogen-bond acceptors (Lipinski definition) is 8. The highest BCUT2D eigenvalue weighted by Gasteiger charge is 2.39. The first-order valence-electron chi connectivity index (χ1n) is 17.7. The molecule has 310 valence electrons. The largest absolute Gasteiger partial charge is 0.491 e. The summed E-state index contributed by atoms with van der Waals surface area (Å²) in [5.74, 6) is -4.79. The minimum Gasteiger partial charge on any atom is -0.491 e. The molecule has 5 N–H and O–H groups in total. The van der Waals surface area contributed by atoms with Gasteiger partial charge in [0, 0.05) is 47.7 Å². The number of nitrogen functional groups attached to an aromatic ring is 1. The van der Waals surface area contributed by atoms with Crippen LogP contribution in [-0.4, -0.2) is 79.5 Å². The maximum atomic E-state index is 16.4. The van der Waals surface area contributed by atoms with Crippen LogP contribution in [0.1, 0.15) is 49.7 Å². The number of ether oxygens (including phenoxy) is 1. The van der Waals surface area contributed by atoms with Crippen molar-refractivity contribution in [1.82, 2.24) is 19.4 Å². The predicted octanol–water partition coefficient (Wildman–Crippen LogP) is 7.87. The number of aromatic nitrogens is 3. The number of nitrogens with one attached hydrogen (secondary N) is 1. The summed E-state index contributed by atoms with van der Waals surface area (Å²) in [6, 6.07) is 20.3. The Morgan fingerprint density at radius 2 is 1.53 bits per heavy atom. The van der Waals surface area contributed by atoms with Gasteiger partial charge in [0.1, 0.15) is 24.2 Å². The number of fused-ring (bicyclic) bond motifs is 1. The molecular weight excluding hydrogens is 781 g/mol. The van der Waals surface area contributed by atoms with E-state index in [0.29, 0.717) is 35.9 Å². The van der Waals surface area contributed by atoms with Crippen molar-refractivity contribution in [1.29, 1.82) is 0 Å². The van der Waals surface area contributed by atoms with Crippen LogP contribution in [0.25, 0.3) is 22.0 Å². The lowest BCUT2D eigenvalue weighted by Crippen LogP contribution is -2.32. The summed E-state index contributed by atoms with van der Waals surface area (Å²) in [5, 5.41) is 19.5. The molecule has 0 bridgehead atoms. The number of amides is 1. The number of halogens is 7. The highest BCUT2D eigenvalue weighted by Crippen LogP contribution is 2.36. The summed E-state index contributed by atoms with van der Waals surface area (Å²) >= 11 is 0. The van der Waals surface area contributed by atoms with E-state index in [1.807, 2.05) is 90.2 Å². The average molecular weight is 821 g/mol. The molecule has 5 aromatic rings. The molecular formula is C39H39F7N6O6. The molecule has 6 rings (SSSR count). The molecule has 3 aromatic carbocycles. The molecule has 1 amide bonds. The first kappa shape index (κ1) is 44.3. The van der Waals surface area contributed by atoms with Gasteiger partial charge < -0.3 is 35.5 Å². The number of pyridine rings is 1. The number of carboxylic acids is 2. The van der Waals surface area contributed by atoms with Crippen molar-refractivity contribution in [3.63, 3.8) is 0 Å². The number of hydrogen-bond donors (Lipinski definition) is 4. The number of nitrogens with two attached hydrogens (primary N) is 1. The number of alkyl halides is 6. The lowest BCUT2D eigenvalue weighted by atomic mass is 9.99. The molecule has 1 aliphatic heterocycles. The van der Waals surface area contributed by atoms with Gasteiger partial charge in [0.15, 0.2) is 11.6 Å². The van der Waals surface area contributed by atoms with Gasteiger partial charge in [0.05, 0.1) is 12.3 Å². The maximum Gasteiger partial charge on any atom is 0.490 e. The lowest BCUT2D eigenvalue weighted by Gasteiger charge is -2.24. The number of nitrogens with zero attached hydrogens (tertiary/aromatic N) is 4. The van der Waals surface area contributed by atoms with Crippen LogP contribution < -0.4 is 15.8 Å². The van der Waals surface area contributed by atoms with Crippen molar-refractivity contribution < 1.29 is 60.1 Å². The number of carboxylic acid groups (broad SMARTS) is 2. The SMILES string of the molecule is CCOc1cc(CC)cc(C(Nc2ccc3c(N)nccc3c2)c2nc(-c3ccccc3)cn2CC(=O)N2CCCC2)c1F.O=C(O)C(F)(F)F.O=C(O)C(F)(F)F. The zero-order valence-corrected chi connectivity index (χ0v) is 31.1. The topological polar surface area (TPSA) is 173 Å². The van der Waals surface area contributed by atoms with Gasteiger partial charge in [-0.1, -0.05) is 43.3 Å². The van der Waals surface area contributed by atoms with Crippen LogP contribution >= 0.6 is 0 Å². The Hall–Kier alpha value is -6.40. The van der Waals surface area contributed by atoms with Gasteiger partial charge >= 0.3 is 24.3 Å². The highest BCUT2D eigenvalue weighted by atomic mass is 19.4. The summed E-state index contributed by atoms with van der Waals surface area (Å²) < 4.78 is 87.5. The van der Waals surface area contributed by atoms with Crippen molar-refractivity contribution in [2.24, 2.45) is 0 Å². The third kappa shape index (κ3) is 11.6. The van der Waals surface area contributed by atoms with E-state index in [0.717, 1.165) is 53.5 Å². The summed E-state index contributed by atoms with van der Waals surface area (Å²) in [6.45, 7) is 5.79. The van der Waals surface area contributed by atoms with Crippen LogP contribution in [0.5, 0.6) is 5.75 Å². The molecule has 1 unspecified atom stereocenters. The maximum absolute atomic E-state index is 16.4. The quantitative estimate of drug-likeness (QED) is 0.102. The monoisotopic (exact) mass is 820 g/mol. The fourth-order valence-electron chi connectivity index (χ4n) is 5.84. The molecule has 1 saturated heterocycles. The summed E-state index contributed by atoms with van der Waals surface area (Å²) in [4.78, 5) is 42.4. The standard InChI is InChI=1S/C35H37FN6O2.2C2HF3O2/c1-3-23-18-28(32(36)30(19-23)44-4-2)33(39-26-12-13-27-25(20-26)14-15-38-34(27)37)35-40-29(24-10-6-5-7-11-24)21-42(35)22-31(43)41-16-8-9-17-41;2*3-2(4,5)1(6)7/h5-7,10-15,18-21,33,39H,3-4,8-9,16-17,22H2,1-2H3,(H2,37,38);2*(H,6,7). The zero-order chi connectivity index (χ0) is 42.8. The molecule has 19 heteroatoms. The van der Waals surface area contributed by atoms with E-state index >= 15 is 4.39 Å². The van der Waals surface area contributed by atoms with Crippen molar-refractivity contribution in [3.8, 4) is 17.0 Å². The first-order chi connectivity index (χ1) is 27.3. The van der Waals surface area contributed by atoms with E-state index in [2.05, 4.69) is 10.3 Å². The van der Waals surface area contributed by atoms with Crippen LogP contribution in [0, 0.1) is 5.82 Å². The van der Waals surface area contributed by atoms with Crippen molar-refractivity contribution in [2.45, 2.75) is 58.0 Å². The Bertz CT molecular complexity index is 2180. The van der Waals surface area contributed by atoms with E-state index in [1.54, 1.807) is 12.3 Å². The average Bonchev–Trinajstić information content (AvgIpc) is 3.86. The minimum atomic E-state index is -5.08. The van der Waals surface area contributed by atoms with Crippen LogP contribution in [0.2, 0.25) is 0 Å². The smallest absolute Gasteiger partial charge is 0.490 e. The molecule has 12 nitrogen and oxygen atoms in total. The van der Waals surface area contributed by atoms with Gasteiger partial charge in [0.2, 0.25) is 5.91 Å². The lowest BCUT2D eigenvalue weighted by molar-refractivity contribution is -0.193. The Balaban J connectivity index is 0.000000456. The Morgan fingerprint density at radius 1 is 0.914 bits per heavy atom. The van der Waals surface area contributed by atoms with Gasteiger partial charge in [-0.15, -0.1) is 0 Å². The molecule has 0 aliphatic carbocycles. The number of benzene rings is 3. The minimum absolute atomic E-state index is 0.0194. The zero-order valence-electron chi connectivity index (χ0n) is 31.1. The third-order valence-corrected chi connectivity index (χ3v) is 8.64. The number of aryl methyl sites for hydroxylation is 1. The number of imidazole rings is 1. The van der Waals surface area contributed by atoms with Gasteiger partial charge in [-0.25, -0.2) is 23.9 Å². The van der Waals surface area contributed by atoms with Gasteiger partial charge in [0.25, 0.3) is 0 Å². The molecule has 2 aromatic heterocycles. The van der Waals surface area contributed by atoms with Crippen LogP contribution in [0.4, 0.5) is 42.2 Å². The Kier molecular flexibility index (Phi) is 14.6.